The van der Waals surface area contributed by atoms with Gasteiger partial charge in [-0.15, -0.1) is 0 Å². The Morgan fingerprint density at radius 2 is 1.90 bits per heavy atom. The van der Waals surface area contributed by atoms with Crippen molar-refractivity contribution in [3.05, 3.63) is 84.5 Å². The van der Waals surface area contributed by atoms with E-state index in [1.54, 1.807) is 12.7 Å². The van der Waals surface area contributed by atoms with Crippen molar-refractivity contribution >= 4 is 45.0 Å². The second kappa shape index (κ2) is 11.0. The minimum Gasteiger partial charge on any atom is -0.457 e. The van der Waals surface area contributed by atoms with Crippen molar-refractivity contribution in [1.82, 2.24) is 24.4 Å². The van der Waals surface area contributed by atoms with Crippen molar-refractivity contribution in [3.63, 3.8) is 0 Å². The van der Waals surface area contributed by atoms with E-state index in [4.69, 9.17) is 4.74 Å². The van der Waals surface area contributed by atoms with Crippen LogP contribution in [0.15, 0.2) is 78.9 Å². The van der Waals surface area contributed by atoms with Crippen LogP contribution in [0, 0.1) is 6.92 Å². The monoisotopic (exact) mass is 547 g/mol. The summed E-state index contributed by atoms with van der Waals surface area (Å²) < 4.78 is 8.16. The normalized spacial score (nSPS) is 14.6. The number of nitrogens with zero attached hydrogens (tertiary/aromatic N) is 6. The highest BCUT2D eigenvalue weighted by Crippen LogP contribution is 2.33. The number of hydrogen-bond donors (Lipinski definition) is 1. The molecule has 0 saturated carbocycles. The van der Waals surface area contributed by atoms with Gasteiger partial charge in [-0.05, 0) is 88.0 Å². The summed E-state index contributed by atoms with van der Waals surface area (Å²) in [4.78, 5) is 30.5. The first-order valence-electron chi connectivity index (χ1n) is 13.7. The van der Waals surface area contributed by atoms with Crippen molar-refractivity contribution in [2.24, 2.45) is 7.05 Å². The lowest BCUT2D eigenvalue weighted by molar-refractivity contribution is -0.114. The van der Waals surface area contributed by atoms with Gasteiger partial charge in [0, 0.05) is 48.5 Å². The average molecular weight is 548 g/mol. The van der Waals surface area contributed by atoms with Gasteiger partial charge in [0.2, 0.25) is 0 Å². The van der Waals surface area contributed by atoms with Gasteiger partial charge in [0.1, 0.15) is 23.6 Å². The second-order valence-corrected chi connectivity index (χ2v) is 10.7. The maximum atomic E-state index is 13.1. The molecule has 6 rings (SSSR count). The van der Waals surface area contributed by atoms with E-state index < -0.39 is 0 Å². The molecule has 1 aliphatic rings. The van der Waals surface area contributed by atoms with E-state index in [0.29, 0.717) is 12.4 Å². The first-order chi connectivity index (χ1) is 19.9. The van der Waals surface area contributed by atoms with E-state index in [0.717, 1.165) is 75.3 Å². The molecule has 1 aliphatic heterocycles. The van der Waals surface area contributed by atoms with Gasteiger partial charge in [-0.25, -0.2) is 15.0 Å². The Kier molecular flexibility index (Phi) is 7.11. The van der Waals surface area contributed by atoms with Crippen molar-refractivity contribution in [1.29, 1.82) is 0 Å². The summed E-state index contributed by atoms with van der Waals surface area (Å²) in [7, 11) is 6.05. The zero-order chi connectivity index (χ0) is 28.5. The van der Waals surface area contributed by atoms with Crippen molar-refractivity contribution in [2.45, 2.75) is 19.8 Å². The number of amides is 1. The summed E-state index contributed by atoms with van der Waals surface area (Å²) in [6.45, 7) is 3.60. The lowest BCUT2D eigenvalue weighted by Crippen LogP contribution is -2.24. The van der Waals surface area contributed by atoms with E-state index in [1.165, 1.54) is 0 Å². The molecule has 9 nitrogen and oxygen atoms in total. The van der Waals surface area contributed by atoms with Gasteiger partial charge in [-0.3, -0.25) is 4.79 Å². The number of hydrogen-bond acceptors (Lipinski definition) is 7. The molecule has 41 heavy (non-hydrogen) atoms. The van der Waals surface area contributed by atoms with Crippen LogP contribution in [0.2, 0.25) is 0 Å². The third-order valence-corrected chi connectivity index (χ3v) is 7.38. The molecule has 0 unspecified atom stereocenters. The fraction of sp³-hybridized carbons (Fsp3) is 0.250. The maximum absolute atomic E-state index is 13.1. The zero-order valence-corrected chi connectivity index (χ0v) is 23.8. The Morgan fingerprint density at radius 3 is 2.73 bits per heavy atom. The van der Waals surface area contributed by atoms with Crippen molar-refractivity contribution in [3.8, 4) is 11.5 Å². The summed E-state index contributed by atoms with van der Waals surface area (Å²) in [5, 5.41) is 4.29. The van der Waals surface area contributed by atoms with Gasteiger partial charge >= 0.3 is 0 Å². The average Bonchev–Trinajstić information content (AvgIpc) is 3.51. The number of rotatable bonds is 8. The Morgan fingerprint density at radius 1 is 1.02 bits per heavy atom. The molecule has 2 aromatic heterocycles. The Labute approximate surface area is 239 Å². The van der Waals surface area contributed by atoms with E-state index in [2.05, 4.69) is 31.2 Å². The van der Waals surface area contributed by atoms with E-state index in [1.807, 2.05) is 92.1 Å². The summed E-state index contributed by atoms with van der Waals surface area (Å²) in [6.07, 6.45) is 7.04. The Hall–Kier alpha value is -4.76. The van der Waals surface area contributed by atoms with E-state index >= 15 is 0 Å². The largest absolute Gasteiger partial charge is 0.457 e. The number of carbonyl (C=O) groups excluding carboxylic acids is 1. The first kappa shape index (κ1) is 26.5. The summed E-state index contributed by atoms with van der Waals surface area (Å²) >= 11 is 0. The van der Waals surface area contributed by atoms with Gasteiger partial charge < -0.3 is 24.4 Å². The molecular formula is C32H33N7O2. The smallest absolute Gasteiger partial charge is 0.253 e. The quantitative estimate of drug-likeness (QED) is 0.239. The van der Waals surface area contributed by atoms with Crippen LogP contribution in [0.4, 0.5) is 17.2 Å². The molecule has 0 atom stereocenters. The minimum atomic E-state index is 0.0721. The molecule has 3 heterocycles. The van der Waals surface area contributed by atoms with Crippen LogP contribution >= 0.6 is 0 Å². The van der Waals surface area contributed by atoms with Crippen LogP contribution in [-0.4, -0.2) is 57.5 Å². The molecule has 1 saturated heterocycles. The van der Waals surface area contributed by atoms with Crippen LogP contribution in [-0.2, 0) is 11.8 Å². The maximum Gasteiger partial charge on any atom is 0.253 e. The highest BCUT2D eigenvalue weighted by molar-refractivity contribution is 6.09. The molecule has 1 fully saturated rings. The molecule has 0 bridgehead atoms. The number of carbonyl (C=O) groups is 1. The molecule has 3 aromatic carbocycles. The number of ether oxygens (including phenoxy) is 1. The highest BCUT2D eigenvalue weighted by atomic mass is 16.5. The van der Waals surface area contributed by atoms with E-state index in [9.17, 15) is 4.79 Å². The van der Waals surface area contributed by atoms with E-state index in [-0.39, 0.29) is 5.91 Å². The van der Waals surface area contributed by atoms with Crippen LogP contribution < -0.4 is 15.0 Å². The number of aryl methyl sites for hydroxylation is 2. The number of anilines is 3. The van der Waals surface area contributed by atoms with Crippen molar-refractivity contribution < 1.29 is 9.53 Å². The Bertz CT molecular complexity index is 1790. The third-order valence-electron chi connectivity index (χ3n) is 7.38. The number of fused-ring (bicyclic) bond motifs is 2. The summed E-state index contributed by atoms with van der Waals surface area (Å²) in [5.41, 5.74) is 6.34. The van der Waals surface area contributed by atoms with Crippen LogP contribution in [0.3, 0.4) is 0 Å². The van der Waals surface area contributed by atoms with Gasteiger partial charge in [0.25, 0.3) is 5.91 Å². The molecule has 208 valence electrons. The van der Waals surface area contributed by atoms with Crippen LogP contribution in [0.5, 0.6) is 11.5 Å². The Balaban J connectivity index is 1.21. The standard InChI is InChI=1S/C32H33N7O2/c1-21-16-23(7-12-30(21)41-25-9-11-29-28(18-25)35-20-38(29)4)36-31-26-17-24(8-10-27(26)33-19-34-31)39-15-13-22(32(39)40)6-5-14-37(2)3/h6-12,16-20H,5,13-15H2,1-4H3,(H,33,34,36)/b22-6+. The minimum absolute atomic E-state index is 0.0721. The third kappa shape index (κ3) is 5.49. The molecule has 1 N–H and O–H groups in total. The molecule has 0 radical (unpaired) electrons. The molecular weight excluding hydrogens is 514 g/mol. The van der Waals surface area contributed by atoms with Gasteiger partial charge in [-0.1, -0.05) is 6.08 Å². The first-order valence-corrected chi connectivity index (χ1v) is 13.7. The molecule has 9 heteroatoms. The molecule has 5 aromatic rings. The van der Waals surface area contributed by atoms with Gasteiger partial charge in [-0.2, -0.15) is 0 Å². The summed E-state index contributed by atoms with van der Waals surface area (Å²) in [5.74, 6) is 2.26. The number of aromatic nitrogens is 4. The highest BCUT2D eigenvalue weighted by Gasteiger charge is 2.27. The predicted molar refractivity (Wildman–Crippen MR) is 163 cm³/mol. The second-order valence-electron chi connectivity index (χ2n) is 10.7. The zero-order valence-electron chi connectivity index (χ0n) is 23.8. The molecule has 0 spiro atoms. The van der Waals surface area contributed by atoms with Gasteiger partial charge in [0.05, 0.1) is 22.9 Å². The lowest BCUT2D eigenvalue weighted by atomic mass is 10.1. The lowest BCUT2D eigenvalue weighted by Gasteiger charge is -2.17. The topological polar surface area (TPSA) is 88.4 Å². The predicted octanol–water partition coefficient (Wildman–Crippen LogP) is 5.98. The number of benzene rings is 3. The van der Waals surface area contributed by atoms with Crippen LogP contribution in [0.25, 0.3) is 21.9 Å². The van der Waals surface area contributed by atoms with Crippen LogP contribution in [0.1, 0.15) is 18.4 Å². The SMILES string of the molecule is Cc1cc(Nc2ncnc3ccc(N4CC/C(=C\CCN(C)C)C4=O)cc23)ccc1Oc1ccc2c(c1)ncn2C. The number of nitrogens with one attached hydrogen (secondary N) is 1. The molecule has 0 aliphatic carbocycles. The fourth-order valence-corrected chi connectivity index (χ4v) is 5.14. The van der Waals surface area contributed by atoms with Gasteiger partial charge in [0.15, 0.2) is 0 Å². The number of imidazole rings is 1. The van der Waals surface area contributed by atoms with Crippen molar-refractivity contribution in [2.75, 3.05) is 37.4 Å². The summed E-state index contributed by atoms with van der Waals surface area (Å²) in [6, 6.07) is 17.7. The fourth-order valence-electron chi connectivity index (χ4n) is 5.14. The molecule has 1 amide bonds.